The van der Waals surface area contributed by atoms with Crippen LogP contribution in [0.15, 0.2) is 36.4 Å². The number of hydrogen-bond donors (Lipinski definition) is 0. The van der Waals surface area contributed by atoms with E-state index in [1.165, 1.54) is 24.6 Å². The van der Waals surface area contributed by atoms with Crippen molar-refractivity contribution < 1.29 is 0 Å². The van der Waals surface area contributed by atoms with E-state index >= 15 is 0 Å². The first-order chi connectivity index (χ1) is 13.2. The zero-order valence-electron chi connectivity index (χ0n) is 19.1. The fraction of sp³-hybridized carbons (Fsp3) is 0.500. The molecular weight excluding hydrogens is 412 g/mol. The molecule has 2 rings (SSSR count). The minimum atomic E-state index is 0.0447. The van der Waals surface area contributed by atoms with E-state index in [-0.39, 0.29) is 31.7 Å². The Morgan fingerprint density at radius 2 is 0.643 bits per heavy atom. The average Bonchev–Trinajstić information content (AvgIpc) is 2.54. The summed E-state index contributed by atoms with van der Waals surface area (Å²) in [4.78, 5) is 0. The van der Waals surface area contributed by atoms with Crippen LogP contribution < -0.4 is 0 Å². The molecule has 0 radical (unpaired) electrons. The molecule has 0 saturated carbocycles. The van der Waals surface area contributed by atoms with Crippen LogP contribution in [0.4, 0.5) is 0 Å². The van der Waals surface area contributed by atoms with Gasteiger partial charge in [-0.3, -0.25) is 0 Å². The Balaban J connectivity index is 2.78. The van der Waals surface area contributed by atoms with Crippen molar-refractivity contribution >= 4 is 31.7 Å². The predicted molar refractivity (Wildman–Crippen MR) is 142 cm³/mol. The van der Waals surface area contributed by atoms with E-state index in [1.54, 1.807) is 33.4 Å². The van der Waals surface area contributed by atoms with Gasteiger partial charge < -0.3 is 0 Å². The van der Waals surface area contributed by atoms with Crippen molar-refractivity contribution in [1.29, 1.82) is 0 Å². The van der Waals surface area contributed by atoms with E-state index in [0.29, 0.717) is 0 Å². The molecule has 0 amide bonds. The van der Waals surface area contributed by atoms with Gasteiger partial charge in [-0.25, -0.2) is 0 Å². The lowest BCUT2D eigenvalue weighted by atomic mass is 9.89. The van der Waals surface area contributed by atoms with E-state index in [9.17, 15) is 0 Å². The van der Waals surface area contributed by atoms with Gasteiger partial charge in [-0.05, 0) is 111 Å². The summed E-state index contributed by atoms with van der Waals surface area (Å²) in [6.45, 7) is 19.3. The van der Waals surface area contributed by atoms with Gasteiger partial charge in [-0.15, -0.1) is 31.7 Å². The van der Waals surface area contributed by atoms with Gasteiger partial charge in [0.05, 0.1) is 0 Å². The lowest BCUT2D eigenvalue weighted by molar-refractivity contribution is 1.25. The van der Waals surface area contributed by atoms with Gasteiger partial charge in [0.1, 0.15) is 0 Å². The van der Waals surface area contributed by atoms with Gasteiger partial charge in [0.15, 0.2) is 0 Å². The van der Waals surface area contributed by atoms with Crippen LogP contribution in [0.1, 0.15) is 22.3 Å². The average molecular weight is 450 g/mol. The van der Waals surface area contributed by atoms with Gasteiger partial charge >= 0.3 is 0 Å². The maximum atomic E-state index is 2.42. The maximum Gasteiger partial charge on any atom is -0.00718 e. The zero-order valence-corrected chi connectivity index (χ0v) is 22.7. The number of rotatable bonds is 9. The molecule has 0 saturated heterocycles. The summed E-state index contributed by atoms with van der Waals surface area (Å²) in [6, 6.07) is 14.3. The lowest BCUT2D eigenvalue weighted by Gasteiger charge is -2.24. The molecule has 0 aromatic heterocycles. The van der Waals surface area contributed by atoms with E-state index in [0.717, 1.165) is 0 Å². The van der Waals surface area contributed by atoms with E-state index in [1.807, 2.05) is 0 Å². The first kappa shape index (κ1) is 24.4. The van der Waals surface area contributed by atoms with Gasteiger partial charge in [0, 0.05) is 0 Å². The van der Waals surface area contributed by atoms with Gasteiger partial charge in [-0.2, -0.15) is 0 Å². The third kappa shape index (κ3) is 7.14. The highest BCUT2D eigenvalue weighted by Crippen LogP contribution is 2.46. The molecule has 0 N–H and O–H groups in total. The first-order valence-corrected chi connectivity index (χ1v) is 19.7. The number of benzene rings is 2. The minimum absolute atomic E-state index is 0.0447. The van der Waals surface area contributed by atoms with Crippen LogP contribution in [0.3, 0.4) is 0 Å². The first-order valence-electron chi connectivity index (χ1n) is 9.99. The third-order valence-electron chi connectivity index (χ3n) is 4.67. The quantitative estimate of drug-likeness (QED) is 0.337. The molecule has 2 aromatic rings. The highest BCUT2D eigenvalue weighted by atomic mass is 31.1. The molecule has 0 bridgehead atoms. The third-order valence-corrected chi connectivity index (χ3v) is 8.56. The van der Waals surface area contributed by atoms with Crippen molar-refractivity contribution in [2.75, 3.05) is 53.3 Å². The van der Waals surface area contributed by atoms with Gasteiger partial charge in [0.25, 0.3) is 0 Å². The summed E-state index contributed by atoms with van der Waals surface area (Å²) in [5.74, 6) is 0. The zero-order chi connectivity index (χ0) is 20.8. The smallest absolute Gasteiger partial charge is 0.00718 e. The molecule has 154 valence electrons. The molecule has 0 unspecified atom stereocenters. The fourth-order valence-corrected chi connectivity index (χ4v) is 7.62. The molecule has 0 aliphatic carbocycles. The highest BCUT2D eigenvalue weighted by Gasteiger charge is 2.19. The summed E-state index contributed by atoms with van der Waals surface area (Å²) < 4.78 is 0. The second-order valence-corrected chi connectivity index (χ2v) is 18.8. The topological polar surface area (TPSA) is 0 Å². The lowest BCUT2D eigenvalue weighted by Crippen LogP contribution is -2.02. The van der Waals surface area contributed by atoms with Gasteiger partial charge in [0.2, 0.25) is 0 Å². The van der Waals surface area contributed by atoms with Crippen molar-refractivity contribution in [2.45, 2.75) is 24.6 Å². The molecule has 2 aromatic carbocycles. The summed E-state index contributed by atoms with van der Waals surface area (Å²) in [7, 11) is 0.179. The Morgan fingerprint density at radius 1 is 0.429 bits per heavy atom. The molecule has 4 heteroatoms. The molecule has 0 heterocycles. The summed E-state index contributed by atoms with van der Waals surface area (Å²) >= 11 is 0. The van der Waals surface area contributed by atoms with Gasteiger partial charge in [-0.1, -0.05) is 36.4 Å². The van der Waals surface area contributed by atoms with Crippen molar-refractivity contribution in [3.05, 3.63) is 58.7 Å². The summed E-state index contributed by atoms with van der Waals surface area (Å²) in [5.41, 5.74) is 9.57. The Morgan fingerprint density at radius 3 is 0.821 bits per heavy atom. The Kier molecular flexibility index (Phi) is 10.1. The molecule has 0 aliphatic rings. The van der Waals surface area contributed by atoms with E-state index < -0.39 is 0 Å². The highest BCUT2D eigenvalue weighted by molar-refractivity contribution is 7.56. The van der Waals surface area contributed by atoms with Crippen LogP contribution >= 0.6 is 31.7 Å². The second kappa shape index (κ2) is 11.5. The van der Waals surface area contributed by atoms with Crippen LogP contribution in [-0.4, -0.2) is 53.3 Å². The van der Waals surface area contributed by atoms with Crippen molar-refractivity contribution in [3.63, 3.8) is 0 Å². The van der Waals surface area contributed by atoms with Crippen molar-refractivity contribution in [2.24, 2.45) is 0 Å². The minimum Gasteiger partial charge on any atom is -0.109 e. The monoisotopic (exact) mass is 450 g/mol. The summed E-state index contributed by atoms with van der Waals surface area (Å²) in [5, 5.41) is 0. The molecule has 0 nitrogen and oxygen atoms in total. The molecule has 0 aliphatic heterocycles. The van der Waals surface area contributed by atoms with E-state index in [2.05, 4.69) is 89.7 Å². The predicted octanol–water partition coefficient (Wildman–Crippen LogP) is 8.32. The van der Waals surface area contributed by atoms with Crippen molar-refractivity contribution in [3.8, 4) is 11.1 Å². The van der Waals surface area contributed by atoms with Crippen LogP contribution in [0.2, 0.25) is 0 Å². The summed E-state index contributed by atoms with van der Waals surface area (Å²) in [6.07, 6.45) is 4.94. The molecule has 0 spiro atoms. The van der Waals surface area contributed by atoms with Crippen LogP contribution in [0, 0.1) is 0 Å². The van der Waals surface area contributed by atoms with Crippen LogP contribution in [-0.2, 0) is 24.6 Å². The van der Waals surface area contributed by atoms with E-state index in [4.69, 9.17) is 0 Å². The fourth-order valence-electron chi connectivity index (χ4n) is 3.84. The van der Waals surface area contributed by atoms with Crippen molar-refractivity contribution in [1.82, 2.24) is 0 Å². The standard InChI is InChI=1S/C24H38P4/c1-25(2)15-19-11-9-12-20(16-26(3)4)23(19)24-21(17-27(5)6)13-10-14-22(24)18-28(7)8/h9-14H,15-18H2,1-8H3. The molecule has 0 fully saturated rings. The molecule has 28 heavy (non-hydrogen) atoms. The SMILES string of the molecule is CP(C)Cc1cccc(CP(C)C)c1-c1c(CP(C)C)cccc1CP(C)C. The Bertz CT molecular complexity index is 641. The molecule has 0 atom stereocenters. The second-order valence-electron chi connectivity index (χ2n) is 8.85. The Labute approximate surface area is 179 Å². The Hall–Kier alpha value is 0.160. The number of hydrogen-bond acceptors (Lipinski definition) is 0. The van der Waals surface area contributed by atoms with Crippen LogP contribution in [0.25, 0.3) is 11.1 Å². The largest absolute Gasteiger partial charge is 0.109 e. The normalized spacial score (nSPS) is 12.0. The van der Waals surface area contributed by atoms with Crippen LogP contribution in [0.5, 0.6) is 0 Å². The maximum absolute atomic E-state index is 2.42. The molecular formula is C24H38P4.